The lowest BCUT2D eigenvalue weighted by Gasteiger charge is -2.05. The lowest BCUT2D eigenvalue weighted by molar-refractivity contribution is 0.102. The first kappa shape index (κ1) is 16.3. The predicted octanol–water partition coefficient (Wildman–Crippen LogP) is 3.36. The van der Waals surface area contributed by atoms with E-state index in [-0.39, 0.29) is 5.91 Å². The fourth-order valence-corrected chi connectivity index (χ4v) is 2.59. The van der Waals surface area contributed by atoms with Gasteiger partial charge in [0.25, 0.3) is 5.91 Å². The molecule has 1 N–H and O–H groups in total. The largest absolute Gasteiger partial charge is 0.304 e. The van der Waals surface area contributed by atoms with Gasteiger partial charge in [-0.2, -0.15) is 10.2 Å². The van der Waals surface area contributed by atoms with Gasteiger partial charge < -0.3 is 5.32 Å². The van der Waals surface area contributed by atoms with Crippen molar-refractivity contribution in [1.29, 1.82) is 0 Å². The fourth-order valence-electron chi connectivity index (χ4n) is 2.38. The molecule has 0 aliphatic rings. The van der Waals surface area contributed by atoms with Crippen molar-refractivity contribution in [3.05, 3.63) is 64.6 Å². The molecular weight excluding hydrogens is 326 g/mol. The zero-order valence-electron chi connectivity index (χ0n) is 13.5. The smallest absolute Gasteiger partial charge is 0.277 e. The number of benzene rings is 1. The third-order valence-corrected chi connectivity index (χ3v) is 3.88. The lowest BCUT2D eigenvalue weighted by atomic mass is 10.2. The van der Waals surface area contributed by atoms with Crippen LogP contribution in [0.1, 0.15) is 28.7 Å². The van der Waals surface area contributed by atoms with Crippen molar-refractivity contribution >= 4 is 23.3 Å². The predicted molar refractivity (Wildman–Crippen MR) is 93.4 cm³/mol. The van der Waals surface area contributed by atoms with E-state index in [1.807, 2.05) is 48.9 Å². The van der Waals surface area contributed by atoms with E-state index in [0.717, 1.165) is 17.8 Å². The van der Waals surface area contributed by atoms with Crippen LogP contribution < -0.4 is 5.32 Å². The molecule has 0 atom stereocenters. The van der Waals surface area contributed by atoms with Crippen molar-refractivity contribution in [1.82, 2.24) is 19.6 Å². The highest BCUT2D eigenvalue weighted by Gasteiger charge is 2.12. The van der Waals surface area contributed by atoms with Crippen LogP contribution in [-0.2, 0) is 13.1 Å². The molecule has 0 radical (unpaired) electrons. The number of anilines is 1. The summed E-state index contributed by atoms with van der Waals surface area (Å²) in [4.78, 5) is 12.2. The highest BCUT2D eigenvalue weighted by Crippen LogP contribution is 2.15. The number of amides is 1. The van der Waals surface area contributed by atoms with Gasteiger partial charge in [0.2, 0.25) is 0 Å². The van der Waals surface area contributed by atoms with Gasteiger partial charge in [-0.3, -0.25) is 14.2 Å². The Hall–Kier alpha value is -2.60. The molecule has 6 nitrogen and oxygen atoms in total. The van der Waals surface area contributed by atoms with Crippen LogP contribution in [0.3, 0.4) is 0 Å². The van der Waals surface area contributed by atoms with Gasteiger partial charge in [-0.25, -0.2) is 0 Å². The van der Waals surface area contributed by atoms with Gasteiger partial charge in [0, 0.05) is 29.5 Å². The second-order valence-electron chi connectivity index (χ2n) is 5.47. The third-order valence-electron chi connectivity index (χ3n) is 3.64. The summed E-state index contributed by atoms with van der Waals surface area (Å²) < 4.78 is 3.53. The molecule has 0 fully saturated rings. The molecule has 2 aromatic heterocycles. The summed E-state index contributed by atoms with van der Waals surface area (Å²) in [6, 6.07) is 11.2. The molecule has 0 saturated carbocycles. The molecule has 2 heterocycles. The number of halogens is 1. The number of nitrogens with zero attached hydrogens (tertiary/aromatic N) is 4. The highest BCUT2D eigenvalue weighted by molar-refractivity contribution is 6.30. The number of carbonyl (C=O) groups is 1. The number of rotatable bonds is 5. The summed E-state index contributed by atoms with van der Waals surface area (Å²) >= 11 is 6.01. The lowest BCUT2D eigenvalue weighted by Crippen LogP contribution is -2.14. The number of nitrogens with one attached hydrogen (secondary N) is 1. The number of hydrogen-bond acceptors (Lipinski definition) is 3. The van der Waals surface area contributed by atoms with Crippen LogP contribution in [0, 0.1) is 6.92 Å². The molecule has 0 spiro atoms. The first-order valence-electron chi connectivity index (χ1n) is 7.69. The van der Waals surface area contributed by atoms with E-state index in [1.165, 1.54) is 0 Å². The molecule has 0 aliphatic carbocycles. The minimum atomic E-state index is -0.269. The monoisotopic (exact) mass is 343 g/mol. The Morgan fingerprint density at radius 2 is 2.08 bits per heavy atom. The number of aromatic nitrogens is 4. The molecule has 1 aromatic carbocycles. The van der Waals surface area contributed by atoms with Gasteiger partial charge in [-0.05, 0) is 37.6 Å². The minimum absolute atomic E-state index is 0.269. The Bertz CT molecular complexity index is 868. The Balaban J connectivity index is 1.72. The topological polar surface area (TPSA) is 64.7 Å². The molecule has 0 unspecified atom stereocenters. The average Bonchev–Trinajstić information content (AvgIpc) is 3.15. The molecule has 0 bridgehead atoms. The maximum atomic E-state index is 12.2. The Kier molecular flexibility index (Phi) is 4.66. The van der Waals surface area contributed by atoms with Crippen LogP contribution in [-0.4, -0.2) is 25.5 Å². The molecule has 24 heavy (non-hydrogen) atoms. The number of hydrogen-bond donors (Lipinski definition) is 1. The summed E-state index contributed by atoms with van der Waals surface area (Å²) in [6.45, 7) is 5.22. The van der Waals surface area contributed by atoms with Crippen LogP contribution in [0.25, 0.3) is 0 Å². The molecule has 1 amide bonds. The molecule has 0 aliphatic heterocycles. The average molecular weight is 344 g/mol. The maximum Gasteiger partial charge on any atom is 0.277 e. The quantitative estimate of drug-likeness (QED) is 0.772. The molecular formula is C17H18ClN5O. The molecule has 124 valence electrons. The van der Waals surface area contributed by atoms with Gasteiger partial charge in [-0.15, -0.1) is 0 Å². The summed E-state index contributed by atoms with van der Waals surface area (Å²) in [5.41, 5.74) is 2.37. The van der Waals surface area contributed by atoms with Crippen LogP contribution >= 0.6 is 11.6 Å². The van der Waals surface area contributed by atoms with Crippen molar-refractivity contribution in [3.8, 4) is 0 Å². The fraction of sp³-hybridized carbons (Fsp3) is 0.235. The van der Waals surface area contributed by atoms with Gasteiger partial charge in [0.05, 0.1) is 6.54 Å². The van der Waals surface area contributed by atoms with Crippen molar-refractivity contribution in [3.63, 3.8) is 0 Å². The van der Waals surface area contributed by atoms with E-state index in [0.29, 0.717) is 23.1 Å². The van der Waals surface area contributed by atoms with Crippen LogP contribution in [0.5, 0.6) is 0 Å². The van der Waals surface area contributed by atoms with Crippen LogP contribution in [0.15, 0.2) is 42.6 Å². The first-order valence-corrected chi connectivity index (χ1v) is 8.06. The summed E-state index contributed by atoms with van der Waals surface area (Å²) in [5.74, 6) is 0.236. The van der Waals surface area contributed by atoms with E-state index in [4.69, 9.17) is 11.6 Å². The molecule has 7 heteroatoms. The van der Waals surface area contributed by atoms with E-state index in [1.54, 1.807) is 16.9 Å². The summed E-state index contributed by atoms with van der Waals surface area (Å²) in [7, 11) is 0. The summed E-state index contributed by atoms with van der Waals surface area (Å²) in [5, 5.41) is 12.1. The normalized spacial score (nSPS) is 10.8. The van der Waals surface area contributed by atoms with Gasteiger partial charge >= 0.3 is 0 Å². The Morgan fingerprint density at radius 3 is 2.79 bits per heavy atom. The van der Waals surface area contributed by atoms with Crippen molar-refractivity contribution in [2.45, 2.75) is 26.9 Å². The van der Waals surface area contributed by atoms with E-state index >= 15 is 0 Å². The van der Waals surface area contributed by atoms with Gasteiger partial charge in [-0.1, -0.05) is 23.7 Å². The Labute approximate surface area is 145 Å². The molecule has 0 saturated heterocycles. The minimum Gasteiger partial charge on any atom is -0.304 e. The van der Waals surface area contributed by atoms with Crippen molar-refractivity contribution in [2.24, 2.45) is 0 Å². The third kappa shape index (κ3) is 3.65. The zero-order valence-corrected chi connectivity index (χ0v) is 14.3. The Morgan fingerprint density at radius 1 is 1.25 bits per heavy atom. The number of carbonyl (C=O) groups excluding carboxylic acids is 1. The van der Waals surface area contributed by atoms with E-state index in [9.17, 15) is 4.79 Å². The standard InChI is InChI=1S/C17H18ClN5O/c1-3-22-8-7-15(20-22)17(24)19-16-9-12(2)23(21-16)11-13-5-4-6-14(18)10-13/h4-10H,3,11H2,1-2H3,(H,19,21,24). The van der Waals surface area contributed by atoms with Gasteiger partial charge in [0.15, 0.2) is 11.5 Å². The highest BCUT2D eigenvalue weighted by atomic mass is 35.5. The van der Waals surface area contributed by atoms with Crippen molar-refractivity contribution < 1.29 is 4.79 Å². The molecule has 3 rings (SSSR count). The van der Waals surface area contributed by atoms with Crippen molar-refractivity contribution in [2.75, 3.05) is 5.32 Å². The number of aryl methyl sites for hydroxylation is 2. The van der Waals surface area contributed by atoms with Gasteiger partial charge in [0.1, 0.15) is 0 Å². The SMILES string of the molecule is CCn1ccc(C(=O)Nc2cc(C)n(Cc3cccc(Cl)c3)n2)n1. The zero-order chi connectivity index (χ0) is 17.1. The first-order chi connectivity index (χ1) is 11.5. The summed E-state index contributed by atoms with van der Waals surface area (Å²) in [6.07, 6.45) is 1.78. The van der Waals surface area contributed by atoms with E-state index < -0.39 is 0 Å². The second kappa shape index (κ2) is 6.88. The second-order valence-corrected chi connectivity index (χ2v) is 5.91. The van der Waals surface area contributed by atoms with Crippen LogP contribution in [0.4, 0.5) is 5.82 Å². The maximum absolute atomic E-state index is 12.2. The van der Waals surface area contributed by atoms with Crippen LogP contribution in [0.2, 0.25) is 5.02 Å². The molecule has 3 aromatic rings. The van der Waals surface area contributed by atoms with E-state index in [2.05, 4.69) is 15.5 Å².